The highest BCUT2D eigenvalue weighted by molar-refractivity contribution is 6.31. The van der Waals surface area contributed by atoms with E-state index in [1.807, 2.05) is 79.7 Å². The van der Waals surface area contributed by atoms with Crippen LogP contribution in [0.1, 0.15) is 16.7 Å². The third kappa shape index (κ3) is 4.85. The van der Waals surface area contributed by atoms with E-state index in [0.717, 1.165) is 33.1 Å². The number of nitrogens with zero attached hydrogens (tertiary/aromatic N) is 1. The second kappa shape index (κ2) is 8.36. The number of halogens is 1. The lowest BCUT2D eigenvalue weighted by Gasteiger charge is -2.07. The number of hydrazone groups is 1. The van der Waals surface area contributed by atoms with Gasteiger partial charge in [-0.2, -0.15) is 5.10 Å². The van der Waals surface area contributed by atoms with Gasteiger partial charge in [-0.05, 0) is 60.0 Å². The van der Waals surface area contributed by atoms with Crippen molar-refractivity contribution in [1.82, 2.24) is 0 Å². The fourth-order valence-electron chi connectivity index (χ4n) is 2.30. The first-order valence-electron chi connectivity index (χ1n) is 8.03. The summed E-state index contributed by atoms with van der Waals surface area (Å²) in [6.07, 6.45) is 1.77. The third-order valence-corrected chi connectivity index (χ3v) is 4.20. The van der Waals surface area contributed by atoms with Gasteiger partial charge in [-0.3, -0.25) is 5.43 Å². The van der Waals surface area contributed by atoms with Gasteiger partial charge in [-0.1, -0.05) is 48.0 Å². The molecule has 4 heteroatoms. The van der Waals surface area contributed by atoms with Crippen LogP contribution in [0, 0.1) is 6.92 Å². The van der Waals surface area contributed by atoms with Crippen LogP contribution in [0.3, 0.4) is 0 Å². The summed E-state index contributed by atoms with van der Waals surface area (Å²) >= 11 is 6.10. The standard InChI is InChI=1S/C21H19ClN2O/c1-16-20(22)8-5-9-21(16)24-23-14-17-10-12-19(13-11-17)25-15-18-6-3-2-4-7-18/h2-14,24H,15H2,1H3. The van der Waals surface area contributed by atoms with Gasteiger partial charge in [0.05, 0.1) is 11.9 Å². The monoisotopic (exact) mass is 350 g/mol. The predicted octanol–water partition coefficient (Wildman–Crippen LogP) is 5.67. The summed E-state index contributed by atoms with van der Waals surface area (Å²) in [5.74, 6) is 0.833. The predicted molar refractivity (Wildman–Crippen MR) is 105 cm³/mol. The van der Waals surface area contributed by atoms with E-state index in [1.165, 1.54) is 0 Å². The van der Waals surface area contributed by atoms with Crippen LogP contribution in [-0.4, -0.2) is 6.21 Å². The summed E-state index contributed by atoms with van der Waals surface area (Å²) in [7, 11) is 0. The summed E-state index contributed by atoms with van der Waals surface area (Å²) < 4.78 is 5.77. The molecule has 0 amide bonds. The molecule has 25 heavy (non-hydrogen) atoms. The van der Waals surface area contributed by atoms with Crippen LogP contribution >= 0.6 is 11.6 Å². The summed E-state index contributed by atoms with van der Waals surface area (Å²) in [5.41, 5.74) is 7.02. The Hall–Kier alpha value is -2.78. The van der Waals surface area contributed by atoms with Gasteiger partial charge in [0, 0.05) is 5.02 Å². The number of nitrogens with one attached hydrogen (secondary N) is 1. The maximum absolute atomic E-state index is 6.10. The number of hydrogen-bond donors (Lipinski definition) is 1. The Morgan fingerprint density at radius 2 is 1.72 bits per heavy atom. The zero-order valence-corrected chi connectivity index (χ0v) is 14.7. The van der Waals surface area contributed by atoms with Gasteiger partial charge < -0.3 is 4.74 Å². The van der Waals surface area contributed by atoms with Crippen molar-refractivity contribution >= 4 is 23.5 Å². The Balaban J connectivity index is 1.56. The van der Waals surface area contributed by atoms with Crippen LogP contribution in [0.5, 0.6) is 5.75 Å². The lowest BCUT2D eigenvalue weighted by atomic mass is 10.2. The number of rotatable bonds is 6. The highest BCUT2D eigenvalue weighted by atomic mass is 35.5. The van der Waals surface area contributed by atoms with Crippen molar-refractivity contribution in [2.75, 3.05) is 5.43 Å². The Bertz CT molecular complexity index is 846. The Morgan fingerprint density at radius 1 is 0.960 bits per heavy atom. The van der Waals surface area contributed by atoms with Gasteiger partial charge in [-0.25, -0.2) is 0 Å². The number of ether oxygens (including phenoxy) is 1. The molecule has 3 aromatic carbocycles. The van der Waals surface area contributed by atoms with Crippen LogP contribution in [-0.2, 0) is 6.61 Å². The highest BCUT2D eigenvalue weighted by Gasteiger charge is 2.00. The van der Waals surface area contributed by atoms with Gasteiger partial charge in [0.1, 0.15) is 12.4 Å². The van der Waals surface area contributed by atoms with E-state index in [4.69, 9.17) is 16.3 Å². The maximum Gasteiger partial charge on any atom is 0.119 e. The smallest absolute Gasteiger partial charge is 0.119 e. The van der Waals surface area contributed by atoms with Gasteiger partial charge in [0.15, 0.2) is 0 Å². The molecule has 126 valence electrons. The molecular weight excluding hydrogens is 332 g/mol. The first-order chi connectivity index (χ1) is 12.2. The van der Waals surface area contributed by atoms with Crippen LogP contribution in [0.25, 0.3) is 0 Å². The van der Waals surface area contributed by atoms with Crippen molar-refractivity contribution in [1.29, 1.82) is 0 Å². The molecule has 3 aromatic rings. The quantitative estimate of drug-likeness (QED) is 0.458. The molecule has 0 aliphatic carbocycles. The molecule has 0 spiro atoms. The van der Waals surface area contributed by atoms with Crippen molar-refractivity contribution in [2.45, 2.75) is 13.5 Å². The second-order valence-electron chi connectivity index (χ2n) is 5.63. The van der Waals surface area contributed by atoms with E-state index in [9.17, 15) is 0 Å². The largest absolute Gasteiger partial charge is 0.489 e. The van der Waals surface area contributed by atoms with Gasteiger partial charge in [-0.15, -0.1) is 0 Å². The summed E-state index contributed by atoms with van der Waals surface area (Å²) in [6, 6.07) is 23.6. The van der Waals surface area contributed by atoms with E-state index < -0.39 is 0 Å². The summed E-state index contributed by atoms with van der Waals surface area (Å²) in [5, 5.41) is 4.98. The highest BCUT2D eigenvalue weighted by Crippen LogP contribution is 2.22. The number of hydrogen-bond acceptors (Lipinski definition) is 3. The van der Waals surface area contributed by atoms with Crippen molar-refractivity contribution in [3.63, 3.8) is 0 Å². The molecule has 1 N–H and O–H groups in total. The van der Waals surface area contributed by atoms with E-state index >= 15 is 0 Å². The number of benzene rings is 3. The molecule has 0 radical (unpaired) electrons. The average Bonchev–Trinajstić information content (AvgIpc) is 2.65. The first-order valence-corrected chi connectivity index (χ1v) is 8.41. The van der Waals surface area contributed by atoms with Crippen molar-refractivity contribution < 1.29 is 4.74 Å². The van der Waals surface area contributed by atoms with E-state index in [1.54, 1.807) is 6.21 Å². The SMILES string of the molecule is Cc1c(Cl)cccc1NN=Cc1ccc(OCc2ccccc2)cc1. The average molecular weight is 351 g/mol. The topological polar surface area (TPSA) is 33.6 Å². The van der Waals surface area contributed by atoms with Crippen LogP contribution < -0.4 is 10.2 Å². The maximum atomic E-state index is 6.10. The molecule has 0 aliphatic rings. The molecule has 0 aromatic heterocycles. The fourth-order valence-corrected chi connectivity index (χ4v) is 2.47. The van der Waals surface area contributed by atoms with Crippen LogP contribution in [0.4, 0.5) is 5.69 Å². The van der Waals surface area contributed by atoms with Crippen LogP contribution in [0.2, 0.25) is 5.02 Å². The Morgan fingerprint density at radius 3 is 2.48 bits per heavy atom. The first kappa shape index (κ1) is 17.1. The lowest BCUT2D eigenvalue weighted by molar-refractivity contribution is 0.306. The molecule has 0 saturated heterocycles. The van der Waals surface area contributed by atoms with Crippen molar-refractivity contribution in [2.24, 2.45) is 5.10 Å². The molecule has 0 heterocycles. The number of anilines is 1. The minimum atomic E-state index is 0.559. The van der Waals surface area contributed by atoms with Gasteiger partial charge in [0.2, 0.25) is 0 Å². The minimum Gasteiger partial charge on any atom is -0.489 e. The molecule has 0 unspecified atom stereocenters. The molecule has 0 saturated carbocycles. The molecule has 0 aliphatic heterocycles. The van der Waals surface area contributed by atoms with Gasteiger partial charge >= 0.3 is 0 Å². The zero-order chi connectivity index (χ0) is 17.5. The molecule has 0 atom stereocenters. The summed E-state index contributed by atoms with van der Waals surface area (Å²) in [6.45, 7) is 2.52. The Kier molecular flexibility index (Phi) is 5.70. The lowest BCUT2D eigenvalue weighted by Crippen LogP contribution is -1.96. The van der Waals surface area contributed by atoms with Crippen molar-refractivity contribution in [3.05, 3.63) is 94.5 Å². The molecular formula is C21H19ClN2O. The molecule has 3 rings (SSSR count). The molecule has 3 nitrogen and oxygen atoms in total. The van der Waals surface area contributed by atoms with E-state index in [0.29, 0.717) is 6.61 Å². The molecule has 0 fully saturated rings. The fraction of sp³-hybridized carbons (Fsp3) is 0.0952. The second-order valence-corrected chi connectivity index (χ2v) is 6.03. The minimum absolute atomic E-state index is 0.559. The zero-order valence-electron chi connectivity index (χ0n) is 13.9. The van der Waals surface area contributed by atoms with Crippen LogP contribution in [0.15, 0.2) is 77.9 Å². The van der Waals surface area contributed by atoms with E-state index in [-0.39, 0.29) is 0 Å². The summed E-state index contributed by atoms with van der Waals surface area (Å²) in [4.78, 5) is 0. The Labute approximate surface area is 152 Å². The third-order valence-electron chi connectivity index (χ3n) is 3.79. The molecule has 0 bridgehead atoms. The van der Waals surface area contributed by atoms with Crippen molar-refractivity contribution in [3.8, 4) is 5.75 Å². The normalized spacial score (nSPS) is 10.8. The van der Waals surface area contributed by atoms with E-state index in [2.05, 4.69) is 10.5 Å². The van der Waals surface area contributed by atoms with Gasteiger partial charge in [0.25, 0.3) is 0 Å².